The number of rotatable bonds is 4. The van der Waals surface area contributed by atoms with Crippen molar-refractivity contribution in [2.75, 3.05) is 0 Å². The van der Waals surface area contributed by atoms with Crippen molar-refractivity contribution in [3.63, 3.8) is 0 Å². The molecule has 10 aromatic rings. The van der Waals surface area contributed by atoms with Crippen molar-refractivity contribution in [3.8, 4) is 33.9 Å². The second kappa shape index (κ2) is 11.3. The van der Waals surface area contributed by atoms with Gasteiger partial charge in [0.05, 0.1) is 5.56 Å². The minimum atomic E-state index is -0.0113. The van der Waals surface area contributed by atoms with Gasteiger partial charge in [-0.1, -0.05) is 127 Å². The molecule has 0 saturated heterocycles. The quantitative estimate of drug-likeness (QED) is 0.187. The van der Waals surface area contributed by atoms with Crippen molar-refractivity contribution in [1.82, 2.24) is 15.0 Å². The molecule has 1 aliphatic rings. The fraction of sp³-hybridized carbons (Fsp3) is 0.0426. The molecule has 0 saturated carbocycles. The van der Waals surface area contributed by atoms with E-state index >= 15 is 0 Å². The molecule has 3 heterocycles. The molecule has 0 amide bonds. The van der Waals surface area contributed by atoms with Crippen LogP contribution < -0.4 is 0 Å². The van der Waals surface area contributed by atoms with E-state index in [4.69, 9.17) is 23.8 Å². The van der Waals surface area contributed by atoms with Crippen LogP contribution in [0.15, 0.2) is 161 Å². The van der Waals surface area contributed by atoms with E-state index in [9.17, 15) is 0 Å². The molecule has 0 spiro atoms. The highest BCUT2D eigenvalue weighted by Gasteiger charge is 2.24. The molecule has 1 aliphatic carbocycles. The zero-order chi connectivity index (χ0) is 34.2. The summed E-state index contributed by atoms with van der Waals surface area (Å²) in [5.74, 6) is 1.96. The first-order valence-corrected chi connectivity index (χ1v) is 17.6. The number of hydrogen-bond donors (Lipinski definition) is 0. The molecule has 244 valence electrons. The number of allylic oxidation sites excluding steroid dienone is 1. The Kier molecular flexibility index (Phi) is 6.31. The van der Waals surface area contributed by atoms with Gasteiger partial charge in [-0.3, -0.25) is 0 Å². The lowest BCUT2D eigenvalue weighted by Crippen LogP contribution is -2.12. The van der Waals surface area contributed by atoms with Crippen LogP contribution in [0.2, 0.25) is 0 Å². The van der Waals surface area contributed by atoms with Gasteiger partial charge < -0.3 is 8.83 Å². The van der Waals surface area contributed by atoms with Gasteiger partial charge in [0, 0.05) is 33.0 Å². The summed E-state index contributed by atoms with van der Waals surface area (Å²) in [6.07, 6.45) is 5.23. The Morgan fingerprint density at radius 2 is 1.06 bits per heavy atom. The summed E-state index contributed by atoms with van der Waals surface area (Å²) in [5.41, 5.74) is 9.95. The molecule has 52 heavy (non-hydrogen) atoms. The first-order chi connectivity index (χ1) is 25.8. The number of benzene rings is 7. The lowest BCUT2D eigenvalue weighted by Gasteiger charge is -2.20. The van der Waals surface area contributed by atoms with Gasteiger partial charge in [0.15, 0.2) is 11.6 Å². The van der Waals surface area contributed by atoms with E-state index in [0.717, 1.165) is 89.1 Å². The molecule has 11 rings (SSSR count). The van der Waals surface area contributed by atoms with E-state index in [-0.39, 0.29) is 5.92 Å². The van der Waals surface area contributed by atoms with E-state index in [1.165, 1.54) is 11.1 Å². The maximum Gasteiger partial charge on any atom is 0.167 e. The van der Waals surface area contributed by atoms with Gasteiger partial charge in [0.1, 0.15) is 28.2 Å². The number of hydrogen-bond acceptors (Lipinski definition) is 5. The Bertz CT molecular complexity index is 3080. The van der Waals surface area contributed by atoms with Gasteiger partial charge in [-0.2, -0.15) is 0 Å². The standard InChI is InChI=1S/C47H29N3O2/c1-2-12-29-27-30(24-23-28(29)11-1)45-48-46(50-47(49-45)39-19-9-18-36-34-15-5-7-20-40(34)52-44(36)39)37-26-25-33(31-13-3-4-14-32(31)37)35-17-10-22-42-43(35)38-16-6-8-21-41(38)51-42/h1-26,30H,27H2. The van der Waals surface area contributed by atoms with Crippen LogP contribution in [-0.2, 0) is 6.42 Å². The van der Waals surface area contributed by atoms with Crippen LogP contribution in [-0.4, -0.2) is 15.0 Å². The first-order valence-electron chi connectivity index (χ1n) is 17.6. The molecule has 7 aromatic carbocycles. The molecular formula is C47H29N3O2. The van der Waals surface area contributed by atoms with Gasteiger partial charge in [-0.25, -0.2) is 15.0 Å². The fourth-order valence-corrected chi connectivity index (χ4v) is 8.04. The monoisotopic (exact) mass is 667 g/mol. The molecule has 1 unspecified atom stereocenters. The van der Waals surface area contributed by atoms with Gasteiger partial charge in [0.2, 0.25) is 0 Å². The Hall–Kier alpha value is -6.85. The van der Waals surface area contributed by atoms with Crippen molar-refractivity contribution in [2.45, 2.75) is 12.3 Å². The first kappa shape index (κ1) is 28.9. The third-order valence-electron chi connectivity index (χ3n) is 10.5. The summed E-state index contributed by atoms with van der Waals surface area (Å²) < 4.78 is 12.8. The minimum Gasteiger partial charge on any atom is -0.456 e. The number of furan rings is 2. The number of aromatic nitrogens is 3. The van der Waals surface area contributed by atoms with E-state index in [2.05, 4.69) is 121 Å². The SMILES string of the molecule is C1=CC(c2nc(-c3ccc(-c4cccc5oc6ccccc6c45)c4ccccc34)nc(-c3cccc4c3oc3ccccc34)n2)Cc2ccccc21. The van der Waals surface area contributed by atoms with Crippen molar-refractivity contribution < 1.29 is 8.83 Å². The van der Waals surface area contributed by atoms with Crippen LogP contribution in [0, 0.1) is 0 Å². The summed E-state index contributed by atoms with van der Waals surface area (Å²) in [6, 6.07) is 50.4. The normalized spacial score (nSPS) is 14.2. The molecule has 0 N–H and O–H groups in total. The maximum atomic E-state index is 6.49. The number of fused-ring (bicyclic) bond motifs is 8. The molecule has 0 bridgehead atoms. The highest BCUT2D eigenvalue weighted by molar-refractivity contribution is 6.16. The maximum absolute atomic E-state index is 6.49. The third-order valence-corrected chi connectivity index (χ3v) is 10.5. The highest BCUT2D eigenvalue weighted by atomic mass is 16.3. The van der Waals surface area contributed by atoms with Gasteiger partial charge in [-0.15, -0.1) is 0 Å². The highest BCUT2D eigenvalue weighted by Crippen LogP contribution is 2.42. The van der Waals surface area contributed by atoms with Crippen molar-refractivity contribution in [2.24, 2.45) is 0 Å². The van der Waals surface area contributed by atoms with E-state index in [1.54, 1.807) is 0 Å². The Morgan fingerprint density at radius 3 is 1.92 bits per heavy atom. The van der Waals surface area contributed by atoms with Crippen molar-refractivity contribution in [1.29, 1.82) is 0 Å². The van der Waals surface area contributed by atoms with Crippen LogP contribution in [0.3, 0.4) is 0 Å². The van der Waals surface area contributed by atoms with Crippen LogP contribution in [0.4, 0.5) is 0 Å². The lowest BCUT2D eigenvalue weighted by atomic mass is 9.89. The second-order valence-corrected chi connectivity index (χ2v) is 13.5. The fourth-order valence-electron chi connectivity index (χ4n) is 8.04. The molecule has 5 nitrogen and oxygen atoms in total. The topological polar surface area (TPSA) is 65.0 Å². The molecule has 0 radical (unpaired) electrons. The Labute approximate surface area is 298 Å². The van der Waals surface area contributed by atoms with Crippen molar-refractivity contribution >= 4 is 60.7 Å². The molecule has 1 atom stereocenters. The predicted molar refractivity (Wildman–Crippen MR) is 210 cm³/mol. The molecule has 5 heteroatoms. The smallest absolute Gasteiger partial charge is 0.167 e. The third kappa shape index (κ3) is 4.46. The van der Waals surface area contributed by atoms with Crippen molar-refractivity contribution in [3.05, 3.63) is 169 Å². The lowest BCUT2D eigenvalue weighted by molar-refractivity contribution is 0.668. The molecule has 0 fully saturated rings. The van der Waals surface area contributed by atoms with Crippen LogP contribution >= 0.6 is 0 Å². The average Bonchev–Trinajstić information content (AvgIpc) is 3.79. The Balaban J connectivity index is 1.14. The van der Waals surface area contributed by atoms with E-state index < -0.39 is 0 Å². The molecule has 3 aromatic heterocycles. The van der Waals surface area contributed by atoms with E-state index in [1.807, 2.05) is 36.4 Å². The van der Waals surface area contributed by atoms with Crippen LogP contribution in [0.25, 0.3) is 94.6 Å². The summed E-state index contributed by atoms with van der Waals surface area (Å²) in [6.45, 7) is 0. The second-order valence-electron chi connectivity index (χ2n) is 13.5. The van der Waals surface area contributed by atoms with Crippen LogP contribution in [0.5, 0.6) is 0 Å². The molecule has 0 aliphatic heterocycles. The molecular weight excluding hydrogens is 639 g/mol. The zero-order valence-corrected chi connectivity index (χ0v) is 28.0. The Morgan fingerprint density at radius 1 is 0.442 bits per heavy atom. The average molecular weight is 668 g/mol. The van der Waals surface area contributed by atoms with Gasteiger partial charge in [-0.05, 0) is 69.8 Å². The summed E-state index contributed by atoms with van der Waals surface area (Å²) in [5, 5.41) is 6.52. The van der Waals surface area contributed by atoms with E-state index in [0.29, 0.717) is 11.6 Å². The summed E-state index contributed by atoms with van der Waals surface area (Å²) in [4.78, 5) is 15.7. The van der Waals surface area contributed by atoms with Crippen LogP contribution in [0.1, 0.15) is 22.9 Å². The van der Waals surface area contributed by atoms with Gasteiger partial charge in [0.25, 0.3) is 0 Å². The van der Waals surface area contributed by atoms with Gasteiger partial charge >= 0.3 is 0 Å². The largest absolute Gasteiger partial charge is 0.456 e. The number of nitrogens with zero attached hydrogens (tertiary/aromatic N) is 3. The number of para-hydroxylation sites is 3. The minimum absolute atomic E-state index is 0.0113. The summed E-state index contributed by atoms with van der Waals surface area (Å²) >= 11 is 0. The zero-order valence-electron chi connectivity index (χ0n) is 28.0. The summed E-state index contributed by atoms with van der Waals surface area (Å²) in [7, 11) is 0. The predicted octanol–water partition coefficient (Wildman–Crippen LogP) is 12.2.